The highest BCUT2D eigenvalue weighted by molar-refractivity contribution is 5.30. The Balaban J connectivity index is 1.73. The minimum atomic E-state index is 0.692. The van der Waals surface area contributed by atoms with Crippen molar-refractivity contribution in [1.29, 1.82) is 0 Å². The van der Waals surface area contributed by atoms with Crippen molar-refractivity contribution in [3.63, 3.8) is 0 Å². The van der Waals surface area contributed by atoms with Crippen LogP contribution in [0.3, 0.4) is 0 Å². The van der Waals surface area contributed by atoms with E-state index in [1.165, 1.54) is 25.7 Å². The van der Waals surface area contributed by atoms with E-state index in [1.807, 2.05) is 0 Å². The Kier molecular flexibility index (Phi) is 4.42. The Hall–Kier alpha value is -0.860. The Morgan fingerprint density at radius 2 is 1.80 bits per heavy atom. The van der Waals surface area contributed by atoms with Gasteiger partial charge in [-0.1, -0.05) is 44.5 Å². The molecule has 0 bridgehead atoms. The zero-order valence-corrected chi connectivity index (χ0v) is 12.9. The van der Waals surface area contributed by atoms with E-state index < -0.39 is 0 Å². The van der Waals surface area contributed by atoms with E-state index in [0.29, 0.717) is 6.04 Å². The van der Waals surface area contributed by atoms with E-state index in [4.69, 9.17) is 0 Å². The number of nitrogens with one attached hydrogen (secondary N) is 1. The average Bonchev–Trinajstić information content (AvgIpc) is 2.91. The van der Waals surface area contributed by atoms with Crippen LogP contribution >= 0.6 is 0 Å². The number of rotatable bonds is 4. The van der Waals surface area contributed by atoms with Crippen molar-refractivity contribution in [3.8, 4) is 0 Å². The number of hydrogen-bond acceptors (Lipinski definition) is 2. The third kappa shape index (κ3) is 2.77. The molecule has 0 radical (unpaired) electrons. The first-order valence-electron chi connectivity index (χ1n) is 8.36. The smallest absolute Gasteiger partial charge is 0.0259 e. The van der Waals surface area contributed by atoms with E-state index in [1.54, 1.807) is 11.1 Å². The lowest BCUT2D eigenvalue weighted by Gasteiger charge is -2.41. The van der Waals surface area contributed by atoms with Crippen LogP contribution in [0.25, 0.3) is 0 Å². The molecule has 1 aromatic carbocycles. The van der Waals surface area contributed by atoms with Crippen LogP contribution in [0.1, 0.15) is 50.7 Å². The lowest BCUT2D eigenvalue weighted by atomic mass is 9.80. The molecule has 1 aliphatic heterocycles. The Labute approximate surface area is 123 Å². The molecule has 1 saturated carbocycles. The second-order valence-electron chi connectivity index (χ2n) is 6.49. The molecule has 1 N–H and O–H groups in total. The Morgan fingerprint density at radius 1 is 1.10 bits per heavy atom. The van der Waals surface area contributed by atoms with Gasteiger partial charge in [-0.2, -0.15) is 0 Å². The van der Waals surface area contributed by atoms with Crippen molar-refractivity contribution in [2.24, 2.45) is 5.92 Å². The van der Waals surface area contributed by atoms with Gasteiger partial charge in [0.2, 0.25) is 0 Å². The predicted octanol–water partition coefficient (Wildman–Crippen LogP) is 3.56. The van der Waals surface area contributed by atoms with Gasteiger partial charge in [0.15, 0.2) is 0 Å². The van der Waals surface area contributed by atoms with Gasteiger partial charge in [-0.3, -0.25) is 4.90 Å². The first-order valence-corrected chi connectivity index (χ1v) is 8.36. The number of fused-ring (bicyclic) bond motifs is 1. The molecule has 1 fully saturated rings. The molecule has 110 valence electrons. The van der Waals surface area contributed by atoms with E-state index >= 15 is 0 Å². The van der Waals surface area contributed by atoms with Crippen molar-refractivity contribution >= 4 is 0 Å². The minimum Gasteiger partial charge on any atom is -0.313 e. The van der Waals surface area contributed by atoms with Gasteiger partial charge in [0.25, 0.3) is 0 Å². The van der Waals surface area contributed by atoms with Gasteiger partial charge in [0.05, 0.1) is 0 Å². The second-order valence-corrected chi connectivity index (χ2v) is 6.49. The molecule has 1 aromatic rings. The van der Waals surface area contributed by atoms with Crippen molar-refractivity contribution in [1.82, 2.24) is 10.2 Å². The van der Waals surface area contributed by atoms with Crippen LogP contribution in [-0.4, -0.2) is 23.5 Å². The first kappa shape index (κ1) is 14.1. The van der Waals surface area contributed by atoms with Crippen LogP contribution in [-0.2, 0) is 13.1 Å². The van der Waals surface area contributed by atoms with Crippen molar-refractivity contribution in [3.05, 3.63) is 35.4 Å². The SMILES string of the molecule is CCNC1CCC(CC)CC1N1Cc2ccccc2C1. The van der Waals surface area contributed by atoms with Crippen LogP contribution in [0, 0.1) is 5.92 Å². The van der Waals surface area contributed by atoms with Crippen molar-refractivity contribution < 1.29 is 0 Å². The summed E-state index contributed by atoms with van der Waals surface area (Å²) in [6.45, 7) is 7.99. The van der Waals surface area contributed by atoms with Crippen LogP contribution in [0.5, 0.6) is 0 Å². The molecule has 2 heteroatoms. The van der Waals surface area contributed by atoms with Gasteiger partial charge in [-0.15, -0.1) is 0 Å². The summed E-state index contributed by atoms with van der Waals surface area (Å²) < 4.78 is 0. The zero-order valence-electron chi connectivity index (χ0n) is 12.9. The summed E-state index contributed by atoms with van der Waals surface area (Å²) in [5.41, 5.74) is 3.09. The molecule has 0 aromatic heterocycles. The van der Waals surface area contributed by atoms with Gasteiger partial charge in [0.1, 0.15) is 0 Å². The highest BCUT2D eigenvalue weighted by atomic mass is 15.2. The molecule has 0 spiro atoms. The summed E-state index contributed by atoms with van der Waals surface area (Å²) in [5.74, 6) is 0.929. The largest absolute Gasteiger partial charge is 0.313 e. The molecule has 1 heterocycles. The van der Waals surface area contributed by atoms with Crippen molar-refractivity contribution in [2.45, 2.75) is 64.7 Å². The molecule has 2 nitrogen and oxygen atoms in total. The third-order valence-electron chi connectivity index (χ3n) is 5.30. The lowest BCUT2D eigenvalue weighted by Crippen LogP contribution is -2.51. The average molecular weight is 272 g/mol. The maximum atomic E-state index is 3.74. The number of nitrogens with zero attached hydrogens (tertiary/aromatic N) is 1. The monoisotopic (exact) mass is 272 g/mol. The maximum Gasteiger partial charge on any atom is 0.0259 e. The zero-order chi connectivity index (χ0) is 13.9. The molecule has 0 amide bonds. The lowest BCUT2D eigenvalue weighted by molar-refractivity contribution is 0.0941. The fourth-order valence-corrected chi connectivity index (χ4v) is 4.10. The predicted molar refractivity (Wildman–Crippen MR) is 84.6 cm³/mol. The number of likely N-dealkylation sites (N-methyl/N-ethyl adjacent to an activating group) is 1. The molecule has 3 unspecified atom stereocenters. The van der Waals surface area contributed by atoms with Gasteiger partial charge in [0, 0.05) is 25.2 Å². The van der Waals surface area contributed by atoms with Crippen LogP contribution in [0.4, 0.5) is 0 Å². The molecule has 3 rings (SSSR count). The minimum absolute atomic E-state index is 0.692. The van der Waals surface area contributed by atoms with Crippen LogP contribution in [0.2, 0.25) is 0 Å². The molecular weight excluding hydrogens is 244 g/mol. The Bertz CT molecular complexity index is 418. The van der Waals surface area contributed by atoms with E-state index in [-0.39, 0.29) is 0 Å². The molecule has 20 heavy (non-hydrogen) atoms. The van der Waals surface area contributed by atoms with E-state index in [2.05, 4.69) is 48.3 Å². The molecule has 3 atom stereocenters. The normalized spacial score (nSPS) is 30.4. The van der Waals surface area contributed by atoms with Crippen LogP contribution < -0.4 is 5.32 Å². The standard InChI is InChI=1S/C18H28N2/c1-3-14-9-10-17(19-4-2)18(11-14)20-12-15-7-5-6-8-16(15)13-20/h5-8,14,17-19H,3-4,9-13H2,1-2H3. The fourth-order valence-electron chi connectivity index (χ4n) is 4.10. The summed E-state index contributed by atoms with van der Waals surface area (Å²) in [6, 6.07) is 10.4. The van der Waals surface area contributed by atoms with E-state index in [0.717, 1.165) is 31.6 Å². The van der Waals surface area contributed by atoms with Gasteiger partial charge >= 0.3 is 0 Å². The second kappa shape index (κ2) is 6.28. The summed E-state index contributed by atoms with van der Waals surface area (Å²) in [5, 5.41) is 3.74. The summed E-state index contributed by atoms with van der Waals surface area (Å²) in [4.78, 5) is 2.72. The van der Waals surface area contributed by atoms with Gasteiger partial charge in [-0.05, 0) is 42.9 Å². The fraction of sp³-hybridized carbons (Fsp3) is 0.667. The summed E-state index contributed by atoms with van der Waals surface area (Å²) in [6.07, 6.45) is 5.48. The number of hydrogen-bond donors (Lipinski definition) is 1. The van der Waals surface area contributed by atoms with E-state index in [9.17, 15) is 0 Å². The quantitative estimate of drug-likeness (QED) is 0.901. The summed E-state index contributed by atoms with van der Waals surface area (Å²) in [7, 11) is 0. The molecule has 0 saturated heterocycles. The van der Waals surface area contributed by atoms with Crippen LogP contribution in [0.15, 0.2) is 24.3 Å². The molecule has 1 aliphatic carbocycles. The highest BCUT2D eigenvalue weighted by Gasteiger charge is 2.35. The highest BCUT2D eigenvalue weighted by Crippen LogP contribution is 2.34. The first-order chi connectivity index (χ1) is 9.81. The number of benzene rings is 1. The maximum absolute atomic E-state index is 3.74. The Morgan fingerprint density at radius 3 is 2.40 bits per heavy atom. The molecular formula is C18H28N2. The third-order valence-corrected chi connectivity index (χ3v) is 5.30. The van der Waals surface area contributed by atoms with Gasteiger partial charge < -0.3 is 5.32 Å². The molecule has 2 aliphatic rings. The topological polar surface area (TPSA) is 15.3 Å². The van der Waals surface area contributed by atoms with Crippen molar-refractivity contribution in [2.75, 3.05) is 6.54 Å². The summed E-state index contributed by atoms with van der Waals surface area (Å²) >= 11 is 0. The van der Waals surface area contributed by atoms with Gasteiger partial charge in [-0.25, -0.2) is 0 Å².